The van der Waals surface area contributed by atoms with E-state index in [0.29, 0.717) is 18.8 Å². The lowest BCUT2D eigenvalue weighted by atomic mass is 10.1. The molecule has 1 aliphatic rings. The van der Waals surface area contributed by atoms with E-state index in [9.17, 15) is 23.2 Å². The van der Waals surface area contributed by atoms with Crippen LogP contribution in [0.1, 0.15) is 18.1 Å². The third kappa shape index (κ3) is 3.84. The number of fused-ring (bicyclic) bond motifs is 1. The van der Waals surface area contributed by atoms with Crippen LogP contribution in [0, 0.1) is 11.6 Å². The average Bonchev–Trinajstić information content (AvgIpc) is 3.20. The van der Waals surface area contributed by atoms with Gasteiger partial charge in [0.15, 0.2) is 0 Å². The van der Waals surface area contributed by atoms with Crippen LogP contribution in [0.25, 0.3) is 5.69 Å². The minimum atomic E-state index is -0.896. The van der Waals surface area contributed by atoms with Crippen LogP contribution in [-0.4, -0.2) is 34.0 Å². The summed E-state index contributed by atoms with van der Waals surface area (Å²) in [6.45, 7) is 1.25. The maximum absolute atomic E-state index is 14.6. The zero-order valence-electron chi connectivity index (χ0n) is 17.1. The molecule has 0 aliphatic carbocycles. The van der Waals surface area contributed by atoms with Gasteiger partial charge in [0.1, 0.15) is 17.4 Å². The van der Waals surface area contributed by atoms with Gasteiger partial charge in [0.25, 0.3) is 5.88 Å². The van der Waals surface area contributed by atoms with E-state index < -0.39 is 34.7 Å². The molecule has 9 nitrogen and oxygen atoms in total. The van der Waals surface area contributed by atoms with Crippen LogP contribution in [0.5, 0.6) is 11.6 Å². The van der Waals surface area contributed by atoms with E-state index in [2.05, 4.69) is 10.4 Å². The van der Waals surface area contributed by atoms with Crippen molar-refractivity contribution in [2.75, 3.05) is 19.0 Å². The molecule has 1 aliphatic heterocycles. The van der Waals surface area contributed by atoms with Gasteiger partial charge < -0.3 is 14.8 Å². The molecule has 0 saturated carbocycles. The smallest absolute Gasteiger partial charge is 0.352 e. The number of hydrogen-bond donors (Lipinski definition) is 1. The van der Waals surface area contributed by atoms with Crippen LogP contribution in [-0.2, 0) is 17.8 Å². The first-order valence-corrected chi connectivity index (χ1v) is 9.58. The summed E-state index contributed by atoms with van der Waals surface area (Å²) in [6.07, 6.45) is 0.586. The third-order valence-corrected chi connectivity index (χ3v) is 4.92. The summed E-state index contributed by atoms with van der Waals surface area (Å²) in [5, 5.41) is 6.20. The molecular weight excluding hydrogens is 426 g/mol. The Morgan fingerprint density at radius 1 is 1.22 bits per heavy atom. The van der Waals surface area contributed by atoms with Gasteiger partial charge in [-0.1, -0.05) is 0 Å². The highest BCUT2D eigenvalue weighted by Gasteiger charge is 2.20. The van der Waals surface area contributed by atoms with Gasteiger partial charge in [0.05, 0.1) is 31.6 Å². The molecular formula is C21H18F2N4O5. The zero-order chi connectivity index (χ0) is 23.0. The van der Waals surface area contributed by atoms with Gasteiger partial charge in [0, 0.05) is 25.0 Å². The monoisotopic (exact) mass is 444 g/mol. The van der Waals surface area contributed by atoms with Gasteiger partial charge in [0.2, 0.25) is 5.91 Å². The topological polar surface area (TPSA) is 104 Å². The first-order valence-electron chi connectivity index (χ1n) is 9.58. The number of benzene rings is 2. The first-order chi connectivity index (χ1) is 15.3. The molecule has 166 valence electrons. The van der Waals surface area contributed by atoms with Crippen molar-refractivity contribution in [2.45, 2.75) is 19.9 Å². The Balaban J connectivity index is 1.84. The number of nitrogens with one attached hydrogen (secondary N) is 1. The number of aromatic nitrogens is 3. The summed E-state index contributed by atoms with van der Waals surface area (Å²) < 4.78 is 40.5. The number of rotatable bonds is 5. The molecule has 0 spiro atoms. The van der Waals surface area contributed by atoms with Gasteiger partial charge >= 0.3 is 11.2 Å². The van der Waals surface area contributed by atoms with Crippen molar-refractivity contribution in [2.24, 2.45) is 0 Å². The van der Waals surface area contributed by atoms with Crippen LogP contribution in [0.15, 0.2) is 39.9 Å². The summed E-state index contributed by atoms with van der Waals surface area (Å²) in [5.41, 5.74) is -0.970. The van der Waals surface area contributed by atoms with Gasteiger partial charge in [-0.25, -0.2) is 18.1 Å². The molecule has 11 heteroatoms. The second kappa shape index (κ2) is 8.25. The van der Waals surface area contributed by atoms with Gasteiger partial charge in [-0.3, -0.25) is 9.59 Å². The molecule has 0 fully saturated rings. The molecule has 32 heavy (non-hydrogen) atoms. The number of halogens is 2. The second-order valence-electron chi connectivity index (χ2n) is 7.09. The molecule has 0 unspecified atom stereocenters. The summed E-state index contributed by atoms with van der Waals surface area (Å²) in [5.74, 6) is -1.85. The van der Waals surface area contributed by atoms with Crippen LogP contribution < -0.4 is 26.0 Å². The largest absolute Gasteiger partial charge is 0.493 e. The lowest BCUT2D eigenvalue weighted by Crippen LogP contribution is -2.41. The highest BCUT2D eigenvalue weighted by Crippen LogP contribution is 2.28. The Bertz CT molecular complexity index is 1350. The van der Waals surface area contributed by atoms with Crippen molar-refractivity contribution < 1.29 is 23.0 Å². The minimum Gasteiger partial charge on any atom is -0.493 e. The number of hydrogen-bond acceptors (Lipinski definition) is 6. The maximum Gasteiger partial charge on any atom is 0.352 e. The molecule has 3 aromatic rings. The number of ether oxygens (including phenoxy) is 2. The van der Waals surface area contributed by atoms with Crippen molar-refractivity contribution >= 4 is 11.6 Å². The van der Waals surface area contributed by atoms with Crippen LogP contribution in [0.3, 0.4) is 0 Å². The number of anilines is 1. The van der Waals surface area contributed by atoms with Gasteiger partial charge in [-0.2, -0.15) is 4.68 Å². The normalized spacial score (nSPS) is 12.2. The fourth-order valence-corrected chi connectivity index (χ4v) is 3.40. The van der Waals surface area contributed by atoms with Crippen molar-refractivity contribution in [3.8, 4) is 17.3 Å². The molecule has 2 heterocycles. The molecule has 1 N–H and O–H groups in total. The lowest BCUT2D eigenvalue weighted by molar-refractivity contribution is -0.114. The number of carbonyl (C=O) groups is 1. The Labute approximate surface area is 179 Å². The van der Waals surface area contributed by atoms with Gasteiger partial charge in [-0.15, -0.1) is 5.10 Å². The molecule has 0 radical (unpaired) electrons. The van der Waals surface area contributed by atoms with E-state index in [4.69, 9.17) is 9.47 Å². The van der Waals surface area contributed by atoms with Crippen LogP contribution in [0.2, 0.25) is 0 Å². The highest BCUT2D eigenvalue weighted by atomic mass is 19.1. The molecule has 0 atom stereocenters. The zero-order valence-corrected chi connectivity index (χ0v) is 17.1. The summed E-state index contributed by atoms with van der Waals surface area (Å²) in [4.78, 5) is 37.1. The van der Waals surface area contributed by atoms with E-state index in [0.717, 1.165) is 20.9 Å². The minimum absolute atomic E-state index is 0.0648. The highest BCUT2D eigenvalue weighted by molar-refractivity contribution is 5.89. The molecule has 0 bridgehead atoms. The van der Waals surface area contributed by atoms with Gasteiger partial charge in [-0.05, 0) is 29.8 Å². The van der Waals surface area contributed by atoms with E-state index in [1.54, 1.807) is 6.07 Å². The molecule has 1 amide bonds. The van der Waals surface area contributed by atoms with Crippen molar-refractivity contribution in [1.82, 2.24) is 14.3 Å². The standard InChI is InChI=1S/C21H18F2N4O5/c1-11(28)24-17-8-14(3-4-15(17)22)27-21(30)26(20(29)19(25-27)31-2)10-13-7-12-5-6-32-18(12)9-16(13)23/h3-4,7-9H,5-6,10H2,1-2H3,(H,24,28). The Morgan fingerprint density at radius 3 is 2.72 bits per heavy atom. The predicted octanol–water partition coefficient (Wildman–Crippen LogP) is 1.62. The molecule has 1 aromatic heterocycles. The Hall–Kier alpha value is -4.02. The number of amides is 1. The third-order valence-electron chi connectivity index (χ3n) is 4.92. The number of nitrogens with zero attached hydrogens (tertiary/aromatic N) is 3. The Kier molecular flexibility index (Phi) is 5.47. The molecule has 0 saturated heterocycles. The van der Waals surface area contributed by atoms with Crippen LogP contribution in [0.4, 0.5) is 14.5 Å². The summed E-state index contributed by atoms with van der Waals surface area (Å²) in [7, 11) is 1.20. The lowest BCUT2D eigenvalue weighted by Gasteiger charge is -2.13. The molecule has 2 aromatic carbocycles. The fraction of sp³-hybridized carbons (Fsp3) is 0.238. The van der Waals surface area contributed by atoms with E-state index >= 15 is 0 Å². The first kappa shape index (κ1) is 21.2. The van der Waals surface area contributed by atoms with Crippen LogP contribution >= 0.6 is 0 Å². The fourth-order valence-electron chi connectivity index (χ4n) is 3.40. The summed E-state index contributed by atoms with van der Waals surface area (Å²) >= 11 is 0. The number of carbonyl (C=O) groups excluding carboxylic acids is 1. The predicted molar refractivity (Wildman–Crippen MR) is 110 cm³/mol. The molecule has 4 rings (SSSR count). The van der Waals surface area contributed by atoms with Crippen molar-refractivity contribution in [1.29, 1.82) is 0 Å². The quantitative estimate of drug-likeness (QED) is 0.642. The second-order valence-corrected chi connectivity index (χ2v) is 7.09. The van der Waals surface area contributed by atoms with Crippen molar-refractivity contribution in [3.05, 3.63) is 73.9 Å². The van der Waals surface area contributed by atoms with E-state index in [1.165, 1.54) is 32.2 Å². The van der Waals surface area contributed by atoms with E-state index in [-0.39, 0.29) is 23.5 Å². The van der Waals surface area contributed by atoms with Crippen molar-refractivity contribution in [3.63, 3.8) is 0 Å². The SMILES string of the molecule is COc1nn(-c2ccc(F)c(NC(C)=O)c2)c(=O)n(Cc2cc3c(cc2F)OCC3)c1=O. The summed E-state index contributed by atoms with van der Waals surface area (Å²) in [6, 6.07) is 6.24. The van der Waals surface area contributed by atoms with E-state index in [1.807, 2.05) is 0 Å². The number of methoxy groups -OCH3 is 1. The average molecular weight is 444 g/mol. The Morgan fingerprint density at radius 2 is 2.00 bits per heavy atom. The maximum atomic E-state index is 14.6.